The van der Waals surface area contributed by atoms with E-state index in [2.05, 4.69) is 0 Å². The molecule has 0 radical (unpaired) electrons. The van der Waals surface area contributed by atoms with Crippen molar-refractivity contribution in [2.24, 2.45) is 7.05 Å². The summed E-state index contributed by atoms with van der Waals surface area (Å²) >= 11 is 1.21. The maximum Gasteiger partial charge on any atom is 0.299 e. The van der Waals surface area contributed by atoms with Crippen LogP contribution in [0.25, 0.3) is 10.6 Å². The first-order chi connectivity index (χ1) is 7.24. The van der Waals surface area contributed by atoms with Gasteiger partial charge in [0.25, 0.3) is 15.8 Å². The minimum Gasteiger partial charge on any atom is -0.495 e. The molecule has 3 nitrogen and oxygen atoms in total. The summed E-state index contributed by atoms with van der Waals surface area (Å²) < 4.78 is 1.70. The summed E-state index contributed by atoms with van der Waals surface area (Å²) in [7, 11) is 1.77. The molecule has 0 amide bonds. The molecule has 0 unspecified atom stereocenters. The number of carbonyl (C=O) groups is 1. The standard InChI is InChI=1S/C11H9NO2S/c1-12-9(7-13)11(14)15-10(12)8-5-3-2-4-6-8/h2-7H,1H3/p+1. The monoisotopic (exact) mass is 220 g/mol. The lowest BCUT2D eigenvalue weighted by Gasteiger charge is -1.92. The van der Waals surface area contributed by atoms with E-state index in [4.69, 9.17) is 0 Å². The molecule has 1 aromatic carbocycles. The number of carbonyl (C=O) groups excluding carboxylic acids is 1. The molecule has 0 bridgehead atoms. The summed E-state index contributed by atoms with van der Waals surface area (Å²) in [4.78, 5) is 10.7. The Hall–Kier alpha value is -1.68. The largest absolute Gasteiger partial charge is 0.495 e. The third-order valence-electron chi connectivity index (χ3n) is 2.21. The van der Waals surface area contributed by atoms with Crippen molar-refractivity contribution < 1.29 is 14.5 Å². The van der Waals surface area contributed by atoms with Gasteiger partial charge in [-0.05, 0) is 23.5 Å². The summed E-state index contributed by atoms with van der Waals surface area (Å²) in [5, 5.41) is 10.5. The maximum absolute atomic E-state index is 10.7. The number of hydrogen-bond acceptors (Lipinski definition) is 3. The minimum absolute atomic E-state index is 0.0614. The van der Waals surface area contributed by atoms with Gasteiger partial charge >= 0.3 is 0 Å². The van der Waals surface area contributed by atoms with E-state index < -0.39 is 0 Å². The highest BCUT2D eigenvalue weighted by Crippen LogP contribution is 2.29. The lowest BCUT2D eigenvalue weighted by atomic mass is 10.2. The zero-order valence-electron chi connectivity index (χ0n) is 8.18. The van der Waals surface area contributed by atoms with Gasteiger partial charge in [0.2, 0.25) is 6.29 Å². The molecule has 2 aromatic rings. The topological polar surface area (TPSA) is 41.2 Å². The molecule has 1 N–H and O–H groups in total. The Labute approximate surface area is 91.2 Å². The number of hydrogen-bond donors (Lipinski definition) is 1. The molecule has 0 saturated carbocycles. The summed E-state index contributed by atoms with van der Waals surface area (Å²) in [5.74, 6) is 0. The number of nitrogens with zero attached hydrogens (tertiary/aromatic N) is 1. The fourth-order valence-electron chi connectivity index (χ4n) is 1.43. The van der Waals surface area contributed by atoms with Crippen LogP contribution in [0, 0.1) is 0 Å². The zero-order chi connectivity index (χ0) is 10.8. The van der Waals surface area contributed by atoms with Gasteiger partial charge < -0.3 is 5.11 Å². The van der Waals surface area contributed by atoms with E-state index in [0.29, 0.717) is 12.0 Å². The highest BCUT2D eigenvalue weighted by Gasteiger charge is 2.23. The van der Waals surface area contributed by atoms with Crippen LogP contribution in [0.2, 0.25) is 0 Å². The summed E-state index contributed by atoms with van der Waals surface area (Å²) in [5.41, 5.74) is 1.31. The van der Waals surface area contributed by atoms with Gasteiger partial charge in [0, 0.05) is 0 Å². The first-order valence-electron chi connectivity index (χ1n) is 4.46. The van der Waals surface area contributed by atoms with Crippen molar-refractivity contribution in [2.75, 3.05) is 0 Å². The molecule has 0 saturated heterocycles. The van der Waals surface area contributed by atoms with Gasteiger partial charge in [-0.15, -0.1) is 0 Å². The Morgan fingerprint density at radius 2 is 2.00 bits per heavy atom. The van der Waals surface area contributed by atoms with Crippen molar-refractivity contribution in [3.63, 3.8) is 0 Å². The Bertz CT molecular complexity index is 491. The van der Waals surface area contributed by atoms with E-state index in [1.54, 1.807) is 11.6 Å². The number of aromatic hydroxyl groups is 1. The van der Waals surface area contributed by atoms with Crippen molar-refractivity contribution in [2.45, 2.75) is 0 Å². The summed E-state index contributed by atoms with van der Waals surface area (Å²) in [6.07, 6.45) is 0.665. The predicted octanol–water partition coefficient (Wildman–Crippen LogP) is 1.76. The minimum atomic E-state index is 0.0614. The molecule has 0 aliphatic heterocycles. The van der Waals surface area contributed by atoms with Crippen molar-refractivity contribution in [1.82, 2.24) is 0 Å². The predicted molar refractivity (Wildman–Crippen MR) is 58.0 cm³/mol. The van der Waals surface area contributed by atoms with Crippen LogP contribution in [0.15, 0.2) is 30.3 Å². The second-order valence-electron chi connectivity index (χ2n) is 3.14. The van der Waals surface area contributed by atoms with Crippen LogP contribution in [-0.4, -0.2) is 11.4 Å². The molecule has 0 fully saturated rings. The number of rotatable bonds is 2. The normalized spacial score (nSPS) is 10.2. The van der Waals surface area contributed by atoms with Crippen molar-refractivity contribution >= 4 is 17.6 Å². The average molecular weight is 220 g/mol. The van der Waals surface area contributed by atoms with Crippen LogP contribution >= 0.6 is 11.3 Å². The Balaban J connectivity index is 2.60. The quantitative estimate of drug-likeness (QED) is 0.619. The van der Waals surface area contributed by atoms with Crippen molar-refractivity contribution in [3.05, 3.63) is 36.0 Å². The van der Waals surface area contributed by atoms with E-state index in [1.165, 1.54) is 11.3 Å². The molecule has 0 atom stereocenters. The molecular weight excluding hydrogens is 210 g/mol. The molecule has 2 rings (SSSR count). The van der Waals surface area contributed by atoms with E-state index in [0.717, 1.165) is 10.6 Å². The lowest BCUT2D eigenvalue weighted by Crippen LogP contribution is -2.32. The van der Waals surface area contributed by atoms with Gasteiger partial charge in [-0.2, -0.15) is 4.57 Å². The fraction of sp³-hybridized carbons (Fsp3) is 0.0909. The van der Waals surface area contributed by atoms with Crippen LogP contribution in [0.5, 0.6) is 5.06 Å². The van der Waals surface area contributed by atoms with Gasteiger partial charge in [0.15, 0.2) is 0 Å². The fourth-order valence-corrected chi connectivity index (χ4v) is 2.39. The van der Waals surface area contributed by atoms with Gasteiger partial charge in [-0.3, -0.25) is 4.79 Å². The van der Waals surface area contributed by atoms with E-state index >= 15 is 0 Å². The number of thiazole rings is 1. The molecule has 1 aromatic heterocycles. The van der Waals surface area contributed by atoms with Gasteiger partial charge in [-0.1, -0.05) is 18.2 Å². The Morgan fingerprint density at radius 1 is 1.33 bits per heavy atom. The number of benzene rings is 1. The molecule has 0 spiro atoms. The SMILES string of the molecule is C[n+]1c(-c2ccccc2)sc(O)c1C=O. The van der Waals surface area contributed by atoms with E-state index in [1.807, 2.05) is 30.3 Å². The third-order valence-corrected chi connectivity index (χ3v) is 3.32. The molecule has 76 valence electrons. The van der Waals surface area contributed by atoms with Gasteiger partial charge in [0.1, 0.15) is 7.05 Å². The Kier molecular flexibility index (Phi) is 2.51. The Morgan fingerprint density at radius 3 is 2.53 bits per heavy atom. The lowest BCUT2D eigenvalue weighted by molar-refractivity contribution is -0.657. The molecule has 4 heteroatoms. The molecular formula is C11H10NO2S+. The molecule has 0 aliphatic carbocycles. The highest BCUT2D eigenvalue weighted by atomic mass is 32.1. The summed E-state index contributed by atoms with van der Waals surface area (Å²) in [6.45, 7) is 0. The second kappa shape index (κ2) is 3.82. The van der Waals surface area contributed by atoms with Crippen LogP contribution in [0.3, 0.4) is 0 Å². The maximum atomic E-state index is 10.7. The number of aromatic nitrogens is 1. The van der Waals surface area contributed by atoms with Crippen LogP contribution in [-0.2, 0) is 7.05 Å². The molecule has 15 heavy (non-hydrogen) atoms. The van der Waals surface area contributed by atoms with Gasteiger partial charge in [0.05, 0.1) is 5.56 Å². The first kappa shape index (κ1) is 9.86. The van der Waals surface area contributed by atoms with Crippen molar-refractivity contribution in [3.8, 4) is 15.6 Å². The van der Waals surface area contributed by atoms with Crippen LogP contribution in [0.1, 0.15) is 10.5 Å². The van der Waals surface area contributed by atoms with Crippen LogP contribution in [0.4, 0.5) is 0 Å². The van der Waals surface area contributed by atoms with E-state index in [-0.39, 0.29) is 5.06 Å². The third kappa shape index (κ3) is 1.64. The van der Waals surface area contributed by atoms with Crippen molar-refractivity contribution in [1.29, 1.82) is 0 Å². The molecule has 1 heterocycles. The number of aldehydes is 1. The van der Waals surface area contributed by atoms with Crippen LogP contribution < -0.4 is 4.57 Å². The summed E-state index contributed by atoms with van der Waals surface area (Å²) in [6, 6.07) is 9.66. The zero-order valence-corrected chi connectivity index (χ0v) is 8.99. The highest BCUT2D eigenvalue weighted by molar-refractivity contribution is 7.16. The van der Waals surface area contributed by atoms with E-state index in [9.17, 15) is 9.90 Å². The average Bonchev–Trinajstić information content (AvgIpc) is 2.55. The van der Waals surface area contributed by atoms with Gasteiger partial charge in [-0.25, -0.2) is 0 Å². The molecule has 0 aliphatic rings. The first-order valence-corrected chi connectivity index (χ1v) is 5.28. The second-order valence-corrected chi connectivity index (χ2v) is 4.12. The smallest absolute Gasteiger partial charge is 0.299 e.